The molecule has 3 aromatic carbocycles. The molecule has 12 heteroatoms. The number of nitrogens with zero attached hydrogens (tertiary/aromatic N) is 3. The summed E-state index contributed by atoms with van der Waals surface area (Å²) in [7, 11) is 0. The number of thiocarbonyl (C=S) groups is 1. The summed E-state index contributed by atoms with van der Waals surface area (Å²) in [5.41, 5.74) is 3.36. The van der Waals surface area contributed by atoms with Crippen molar-refractivity contribution in [3.63, 3.8) is 0 Å². The average Bonchev–Trinajstić information content (AvgIpc) is 3.21. The molecule has 1 fully saturated rings. The Balaban J connectivity index is 1.41. The summed E-state index contributed by atoms with van der Waals surface area (Å²) < 4.78 is 15.7. The van der Waals surface area contributed by atoms with Gasteiger partial charge in [-0.15, -0.1) is 0 Å². The highest BCUT2D eigenvalue weighted by Crippen LogP contribution is 2.32. The van der Waals surface area contributed by atoms with Crippen molar-refractivity contribution in [3.05, 3.63) is 116 Å². The number of nitro groups is 1. The lowest BCUT2D eigenvalue weighted by Gasteiger charge is -2.29. The Labute approximate surface area is 248 Å². The number of aryl methyl sites for hydroxylation is 1. The zero-order chi connectivity index (χ0) is 29.4. The first-order chi connectivity index (χ1) is 19.5. The van der Waals surface area contributed by atoms with Crippen LogP contribution in [0.2, 0.25) is 5.02 Å². The van der Waals surface area contributed by atoms with Gasteiger partial charge in [0.25, 0.3) is 17.5 Å². The van der Waals surface area contributed by atoms with Gasteiger partial charge in [-0.3, -0.25) is 29.9 Å². The van der Waals surface area contributed by atoms with Crippen molar-refractivity contribution >= 4 is 70.0 Å². The fourth-order valence-corrected chi connectivity index (χ4v) is 5.71. The summed E-state index contributed by atoms with van der Waals surface area (Å²) in [6.07, 6.45) is 1.51. The van der Waals surface area contributed by atoms with Crippen LogP contribution in [-0.2, 0) is 9.59 Å². The summed E-state index contributed by atoms with van der Waals surface area (Å²) in [6, 6.07) is 19.8. The molecule has 0 atom stereocenters. The van der Waals surface area contributed by atoms with Crippen LogP contribution < -0.4 is 10.2 Å². The highest BCUT2D eigenvalue weighted by Gasteiger charge is 2.35. The van der Waals surface area contributed by atoms with Crippen molar-refractivity contribution < 1.29 is 18.9 Å². The van der Waals surface area contributed by atoms with E-state index >= 15 is 0 Å². The largest absolute Gasteiger partial charge is 0.318 e. The minimum Gasteiger partial charge on any atom is -0.318 e. The van der Waals surface area contributed by atoms with Gasteiger partial charge in [-0.2, -0.15) is 0 Å². The molecular formula is C29H20ClFN4O4S2. The third-order valence-electron chi connectivity index (χ3n) is 6.41. The molecule has 0 saturated carbocycles. The molecule has 1 aliphatic heterocycles. The fourth-order valence-electron chi connectivity index (χ4n) is 4.44. The first kappa shape index (κ1) is 28.2. The SMILES string of the molecule is Cc1cc(/C=C2\C(=O)NC(=S)N(c3ccc(F)c(Cl)c3)C2=O)c(C)n1-c1ccc(Sc2ccc([N+](=O)[O-])cc2)cc1. The number of hydrogen-bond donors (Lipinski definition) is 1. The quantitative estimate of drug-likeness (QED) is 0.0854. The van der Waals surface area contributed by atoms with Crippen molar-refractivity contribution in [1.82, 2.24) is 9.88 Å². The van der Waals surface area contributed by atoms with E-state index in [1.165, 1.54) is 42.1 Å². The van der Waals surface area contributed by atoms with Gasteiger partial charge in [0, 0.05) is 39.0 Å². The van der Waals surface area contributed by atoms with Gasteiger partial charge in [-0.25, -0.2) is 4.39 Å². The van der Waals surface area contributed by atoms with Crippen LogP contribution in [0.5, 0.6) is 0 Å². The van der Waals surface area contributed by atoms with Crippen molar-refractivity contribution in [2.24, 2.45) is 0 Å². The van der Waals surface area contributed by atoms with E-state index in [2.05, 4.69) is 5.32 Å². The molecule has 2 amide bonds. The minimum atomic E-state index is -0.654. The first-order valence-electron chi connectivity index (χ1n) is 12.1. The Kier molecular flexibility index (Phi) is 7.76. The van der Waals surface area contributed by atoms with E-state index in [9.17, 15) is 24.1 Å². The predicted molar refractivity (Wildman–Crippen MR) is 160 cm³/mol. The Hall–Kier alpha value is -4.32. The van der Waals surface area contributed by atoms with E-state index in [1.54, 1.807) is 12.1 Å². The average molecular weight is 607 g/mol. The maximum atomic E-state index is 13.7. The molecule has 1 saturated heterocycles. The Morgan fingerprint density at radius 3 is 2.20 bits per heavy atom. The van der Waals surface area contributed by atoms with Gasteiger partial charge in [-0.1, -0.05) is 23.4 Å². The lowest BCUT2D eigenvalue weighted by atomic mass is 10.1. The molecule has 0 radical (unpaired) electrons. The molecule has 41 heavy (non-hydrogen) atoms. The molecule has 2 heterocycles. The molecule has 1 N–H and O–H groups in total. The molecule has 206 valence electrons. The number of benzene rings is 3. The van der Waals surface area contributed by atoms with Crippen molar-refractivity contribution in [1.29, 1.82) is 0 Å². The van der Waals surface area contributed by atoms with E-state index in [0.717, 1.165) is 37.8 Å². The minimum absolute atomic E-state index is 0.0386. The fraction of sp³-hybridized carbons (Fsp3) is 0.0690. The lowest BCUT2D eigenvalue weighted by molar-refractivity contribution is -0.384. The molecule has 0 spiro atoms. The van der Waals surface area contributed by atoms with E-state index in [1.807, 2.05) is 48.7 Å². The van der Waals surface area contributed by atoms with Gasteiger partial charge in [-0.05, 0) is 98.4 Å². The summed E-state index contributed by atoms with van der Waals surface area (Å²) in [6.45, 7) is 3.80. The number of carbonyl (C=O) groups excluding carboxylic acids is 2. The summed E-state index contributed by atoms with van der Waals surface area (Å²) >= 11 is 12.6. The van der Waals surface area contributed by atoms with Crippen LogP contribution in [0.15, 0.2) is 88.2 Å². The number of halogens is 2. The summed E-state index contributed by atoms with van der Waals surface area (Å²) in [5.74, 6) is -1.93. The number of anilines is 1. The van der Waals surface area contributed by atoms with Crippen molar-refractivity contribution in [3.8, 4) is 5.69 Å². The Morgan fingerprint density at radius 2 is 1.59 bits per heavy atom. The molecule has 1 aliphatic rings. The number of aromatic nitrogens is 1. The van der Waals surface area contributed by atoms with E-state index in [0.29, 0.717) is 5.56 Å². The predicted octanol–water partition coefficient (Wildman–Crippen LogP) is 6.78. The van der Waals surface area contributed by atoms with Crippen molar-refractivity contribution in [2.45, 2.75) is 23.6 Å². The number of nitro benzene ring substituents is 1. The highest BCUT2D eigenvalue weighted by molar-refractivity contribution is 7.99. The Bertz CT molecular complexity index is 1770. The van der Waals surface area contributed by atoms with Crippen LogP contribution in [-0.4, -0.2) is 26.4 Å². The van der Waals surface area contributed by atoms with Gasteiger partial charge in [0.2, 0.25) is 0 Å². The Morgan fingerprint density at radius 1 is 0.976 bits per heavy atom. The van der Waals surface area contributed by atoms with E-state index in [4.69, 9.17) is 23.8 Å². The topological polar surface area (TPSA) is 97.5 Å². The molecule has 8 nitrogen and oxygen atoms in total. The highest BCUT2D eigenvalue weighted by atomic mass is 35.5. The maximum absolute atomic E-state index is 13.7. The summed E-state index contributed by atoms with van der Waals surface area (Å²) in [4.78, 5) is 39.6. The van der Waals surface area contributed by atoms with Gasteiger partial charge < -0.3 is 4.57 Å². The molecule has 5 rings (SSSR count). The van der Waals surface area contributed by atoms with Crippen LogP contribution in [0.4, 0.5) is 15.8 Å². The van der Waals surface area contributed by atoms with Crippen LogP contribution in [0, 0.1) is 29.8 Å². The molecule has 0 bridgehead atoms. The number of amides is 2. The summed E-state index contributed by atoms with van der Waals surface area (Å²) in [5, 5.41) is 13.1. The second-order valence-corrected chi connectivity index (χ2v) is 11.0. The third kappa shape index (κ3) is 5.64. The molecular weight excluding hydrogens is 587 g/mol. The molecule has 1 aromatic heterocycles. The molecule has 0 aliphatic carbocycles. The lowest BCUT2D eigenvalue weighted by Crippen LogP contribution is -2.54. The molecule has 0 unspecified atom stereocenters. The van der Waals surface area contributed by atoms with Crippen LogP contribution >= 0.6 is 35.6 Å². The second kappa shape index (κ2) is 11.3. The van der Waals surface area contributed by atoms with E-state index < -0.39 is 22.6 Å². The van der Waals surface area contributed by atoms with Gasteiger partial charge in [0.1, 0.15) is 11.4 Å². The number of rotatable bonds is 6. The monoisotopic (exact) mass is 606 g/mol. The number of non-ortho nitro benzene ring substituents is 1. The van der Waals surface area contributed by atoms with Crippen LogP contribution in [0.3, 0.4) is 0 Å². The molecule has 4 aromatic rings. The second-order valence-electron chi connectivity index (χ2n) is 9.07. The van der Waals surface area contributed by atoms with Gasteiger partial charge >= 0.3 is 0 Å². The smallest absolute Gasteiger partial charge is 0.270 e. The number of hydrogen-bond acceptors (Lipinski definition) is 6. The number of nitrogens with one attached hydrogen (secondary N) is 1. The van der Waals surface area contributed by atoms with Crippen LogP contribution in [0.1, 0.15) is 17.0 Å². The zero-order valence-electron chi connectivity index (χ0n) is 21.6. The zero-order valence-corrected chi connectivity index (χ0v) is 23.9. The number of carbonyl (C=O) groups is 2. The maximum Gasteiger partial charge on any atom is 0.270 e. The van der Waals surface area contributed by atoms with Crippen molar-refractivity contribution in [2.75, 3.05) is 4.90 Å². The van der Waals surface area contributed by atoms with Crippen LogP contribution in [0.25, 0.3) is 11.8 Å². The third-order valence-corrected chi connectivity index (χ3v) is 8.00. The van der Waals surface area contributed by atoms with Gasteiger partial charge in [0.15, 0.2) is 5.11 Å². The normalized spacial score (nSPS) is 14.5. The first-order valence-corrected chi connectivity index (χ1v) is 13.7. The standard InChI is InChI=1S/C29H20ClFN4O4S2/c1-16-13-18(14-24-27(36)32-29(40)34(28(24)37)21-7-12-26(31)25(30)15-21)17(2)33(16)19-3-8-22(9-4-19)41-23-10-5-20(6-11-23)35(38)39/h3-15H,1-2H3,(H,32,36,40)/b24-14+. The van der Waals surface area contributed by atoms with Gasteiger partial charge in [0.05, 0.1) is 15.6 Å². The van der Waals surface area contributed by atoms with E-state index in [-0.39, 0.29) is 27.1 Å².